The Kier molecular flexibility index (Phi) is 5.74. The van der Waals surface area contributed by atoms with Crippen LogP contribution in [0.5, 0.6) is 0 Å². The molecule has 0 aromatic heterocycles. The number of esters is 1. The Hall–Kier alpha value is -0.530. The van der Waals surface area contributed by atoms with E-state index < -0.39 is 0 Å². The normalized spacial score (nSPS) is 25.5. The lowest BCUT2D eigenvalue weighted by Gasteiger charge is -2.18. The molecule has 0 unspecified atom stereocenters. The van der Waals surface area contributed by atoms with Gasteiger partial charge in [-0.3, -0.25) is 4.79 Å². The lowest BCUT2D eigenvalue weighted by atomic mass is 9.88. The first-order valence-electron chi connectivity index (χ1n) is 6.34. The molecule has 0 heterocycles. The van der Waals surface area contributed by atoms with Gasteiger partial charge in [0.1, 0.15) is 0 Å². The van der Waals surface area contributed by atoms with Gasteiger partial charge in [0.25, 0.3) is 0 Å². The van der Waals surface area contributed by atoms with Crippen molar-refractivity contribution in [3.8, 4) is 0 Å². The van der Waals surface area contributed by atoms with E-state index in [0.29, 0.717) is 12.3 Å². The van der Waals surface area contributed by atoms with Gasteiger partial charge in [-0.15, -0.1) is 0 Å². The number of carbonyl (C=O) groups excluding carboxylic acids is 1. The molecule has 0 N–H and O–H groups in total. The zero-order chi connectivity index (χ0) is 11.1. The smallest absolute Gasteiger partial charge is 0.305 e. The Morgan fingerprint density at radius 1 is 1.27 bits per heavy atom. The maximum absolute atomic E-state index is 11.2. The second-order valence-corrected chi connectivity index (χ2v) is 4.73. The summed E-state index contributed by atoms with van der Waals surface area (Å²) in [6, 6.07) is 0. The van der Waals surface area contributed by atoms with Crippen LogP contribution in [0, 0.1) is 11.8 Å². The quantitative estimate of drug-likeness (QED) is 0.497. The summed E-state index contributed by atoms with van der Waals surface area (Å²) in [5.41, 5.74) is 0. The number of hydrogen-bond donors (Lipinski definition) is 0. The van der Waals surface area contributed by atoms with Gasteiger partial charge < -0.3 is 4.74 Å². The van der Waals surface area contributed by atoms with E-state index in [1.807, 2.05) is 0 Å². The van der Waals surface area contributed by atoms with Crippen molar-refractivity contribution < 1.29 is 9.53 Å². The molecular formula is C13H24O2. The SMILES string of the molecule is CCCCC[C@@H]1CCC[C@H]1CC(=O)OC. The van der Waals surface area contributed by atoms with Crippen LogP contribution in [0.1, 0.15) is 58.3 Å². The summed E-state index contributed by atoms with van der Waals surface area (Å²) in [5.74, 6) is 1.37. The van der Waals surface area contributed by atoms with Crippen LogP contribution in [-0.4, -0.2) is 13.1 Å². The zero-order valence-corrected chi connectivity index (χ0v) is 10.1. The van der Waals surface area contributed by atoms with Crippen LogP contribution in [0.15, 0.2) is 0 Å². The molecule has 1 aliphatic rings. The molecule has 0 aliphatic heterocycles. The number of hydrogen-bond acceptors (Lipinski definition) is 2. The second kappa shape index (κ2) is 6.86. The highest BCUT2D eigenvalue weighted by atomic mass is 16.5. The third-order valence-electron chi connectivity index (χ3n) is 3.65. The Morgan fingerprint density at radius 3 is 2.67 bits per heavy atom. The van der Waals surface area contributed by atoms with Crippen LogP contribution in [-0.2, 0) is 9.53 Å². The van der Waals surface area contributed by atoms with E-state index in [2.05, 4.69) is 6.92 Å². The maximum atomic E-state index is 11.2. The third kappa shape index (κ3) is 4.23. The molecular weight excluding hydrogens is 188 g/mol. The summed E-state index contributed by atoms with van der Waals surface area (Å²) in [5, 5.41) is 0. The number of carbonyl (C=O) groups is 1. The molecule has 15 heavy (non-hydrogen) atoms. The Bertz CT molecular complexity index is 189. The second-order valence-electron chi connectivity index (χ2n) is 4.73. The van der Waals surface area contributed by atoms with Crippen LogP contribution in [0.3, 0.4) is 0 Å². The Balaban J connectivity index is 2.26. The van der Waals surface area contributed by atoms with Gasteiger partial charge in [0.05, 0.1) is 7.11 Å². The van der Waals surface area contributed by atoms with Crippen molar-refractivity contribution in [2.75, 3.05) is 7.11 Å². The number of ether oxygens (including phenoxy) is 1. The highest BCUT2D eigenvalue weighted by Crippen LogP contribution is 2.37. The topological polar surface area (TPSA) is 26.3 Å². The van der Waals surface area contributed by atoms with Crippen LogP contribution >= 0.6 is 0 Å². The van der Waals surface area contributed by atoms with E-state index in [9.17, 15) is 4.79 Å². The molecule has 2 atom stereocenters. The first kappa shape index (κ1) is 12.5. The molecule has 1 aliphatic carbocycles. The molecule has 0 aromatic rings. The highest BCUT2D eigenvalue weighted by molar-refractivity contribution is 5.69. The third-order valence-corrected chi connectivity index (χ3v) is 3.65. The van der Waals surface area contributed by atoms with E-state index >= 15 is 0 Å². The van der Waals surface area contributed by atoms with Crippen LogP contribution in [0.25, 0.3) is 0 Å². The van der Waals surface area contributed by atoms with Crippen molar-refractivity contribution in [3.63, 3.8) is 0 Å². The van der Waals surface area contributed by atoms with Gasteiger partial charge in [-0.1, -0.05) is 45.4 Å². The molecule has 2 heteroatoms. The number of unbranched alkanes of at least 4 members (excludes halogenated alkanes) is 2. The monoisotopic (exact) mass is 212 g/mol. The van der Waals surface area contributed by atoms with Gasteiger partial charge in [-0.05, 0) is 18.3 Å². The molecule has 1 saturated carbocycles. The van der Waals surface area contributed by atoms with Crippen LogP contribution in [0.4, 0.5) is 0 Å². The first-order valence-corrected chi connectivity index (χ1v) is 6.34. The summed E-state index contributed by atoms with van der Waals surface area (Å²) in [6.45, 7) is 2.24. The molecule has 1 fully saturated rings. The molecule has 1 rings (SSSR count). The van der Waals surface area contributed by atoms with E-state index in [-0.39, 0.29) is 5.97 Å². The minimum absolute atomic E-state index is 0.0256. The fraction of sp³-hybridized carbons (Fsp3) is 0.923. The average Bonchev–Trinajstić information content (AvgIpc) is 2.66. The van der Waals surface area contributed by atoms with Gasteiger partial charge in [0.2, 0.25) is 0 Å². The van der Waals surface area contributed by atoms with Crippen molar-refractivity contribution in [2.45, 2.75) is 58.3 Å². The van der Waals surface area contributed by atoms with E-state index in [1.165, 1.54) is 52.1 Å². The fourth-order valence-corrected chi connectivity index (χ4v) is 2.72. The van der Waals surface area contributed by atoms with E-state index in [1.54, 1.807) is 0 Å². The summed E-state index contributed by atoms with van der Waals surface area (Å²) < 4.78 is 4.75. The summed E-state index contributed by atoms with van der Waals surface area (Å²) in [6.07, 6.45) is 9.77. The minimum Gasteiger partial charge on any atom is -0.469 e. The summed E-state index contributed by atoms with van der Waals surface area (Å²) in [7, 11) is 1.49. The average molecular weight is 212 g/mol. The van der Waals surface area contributed by atoms with E-state index in [4.69, 9.17) is 4.74 Å². The number of methoxy groups -OCH3 is 1. The van der Waals surface area contributed by atoms with E-state index in [0.717, 1.165) is 5.92 Å². The lowest BCUT2D eigenvalue weighted by molar-refractivity contribution is -0.142. The standard InChI is InChI=1S/C13H24O2/c1-3-4-5-7-11-8-6-9-12(11)10-13(14)15-2/h11-12H,3-10H2,1-2H3/t11-,12+/m1/s1. The van der Waals surface area contributed by atoms with Gasteiger partial charge in [0, 0.05) is 6.42 Å². The Morgan fingerprint density at radius 2 is 2.00 bits per heavy atom. The van der Waals surface area contributed by atoms with Crippen molar-refractivity contribution >= 4 is 5.97 Å². The maximum Gasteiger partial charge on any atom is 0.305 e. The van der Waals surface area contributed by atoms with Crippen molar-refractivity contribution in [1.29, 1.82) is 0 Å². The molecule has 2 nitrogen and oxygen atoms in total. The van der Waals surface area contributed by atoms with Crippen LogP contribution in [0.2, 0.25) is 0 Å². The van der Waals surface area contributed by atoms with Crippen LogP contribution < -0.4 is 0 Å². The van der Waals surface area contributed by atoms with Gasteiger partial charge >= 0.3 is 5.97 Å². The molecule has 0 radical (unpaired) electrons. The molecule has 0 aromatic carbocycles. The van der Waals surface area contributed by atoms with Crippen molar-refractivity contribution in [1.82, 2.24) is 0 Å². The predicted octanol–water partition coefficient (Wildman–Crippen LogP) is 3.55. The molecule has 0 spiro atoms. The van der Waals surface area contributed by atoms with Crippen molar-refractivity contribution in [2.24, 2.45) is 11.8 Å². The molecule has 88 valence electrons. The molecule has 0 amide bonds. The fourth-order valence-electron chi connectivity index (χ4n) is 2.72. The van der Waals surface area contributed by atoms with Gasteiger partial charge in [0.15, 0.2) is 0 Å². The lowest BCUT2D eigenvalue weighted by Crippen LogP contribution is -2.14. The first-order chi connectivity index (χ1) is 7.27. The summed E-state index contributed by atoms with van der Waals surface area (Å²) >= 11 is 0. The molecule has 0 bridgehead atoms. The molecule has 0 saturated heterocycles. The summed E-state index contributed by atoms with van der Waals surface area (Å²) in [4.78, 5) is 11.2. The predicted molar refractivity (Wildman–Crippen MR) is 61.6 cm³/mol. The largest absolute Gasteiger partial charge is 0.469 e. The minimum atomic E-state index is -0.0256. The van der Waals surface area contributed by atoms with Gasteiger partial charge in [-0.25, -0.2) is 0 Å². The van der Waals surface area contributed by atoms with Gasteiger partial charge in [-0.2, -0.15) is 0 Å². The Labute approximate surface area is 93.4 Å². The highest BCUT2D eigenvalue weighted by Gasteiger charge is 2.28. The van der Waals surface area contributed by atoms with Crippen molar-refractivity contribution in [3.05, 3.63) is 0 Å². The zero-order valence-electron chi connectivity index (χ0n) is 10.1. The number of rotatable bonds is 6.